The van der Waals surface area contributed by atoms with Crippen molar-refractivity contribution < 1.29 is 9.53 Å². The summed E-state index contributed by atoms with van der Waals surface area (Å²) in [5.41, 5.74) is 2.95. The Morgan fingerprint density at radius 1 is 1.33 bits per heavy atom. The van der Waals surface area contributed by atoms with E-state index in [-0.39, 0.29) is 12.1 Å². The summed E-state index contributed by atoms with van der Waals surface area (Å²) in [4.78, 5) is 11.7. The lowest BCUT2D eigenvalue weighted by atomic mass is 10.1. The molecule has 1 atom stereocenters. The van der Waals surface area contributed by atoms with E-state index in [2.05, 4.69) is 0 Å². The lowest BCUT2D eigenvalue weighted by molar-refractivity contribution is 0.0334. The summed E-state index contributed by atoms with van der Waals surface area (Å²) in [5, 5.41) is 0. The number of ether oxygens (including phenoxy) is 1. The van der Waals surface area contributed by atoms with Crippen LogP contribution in [0.25, 0.3) is 0 Å². The normalized spacial score (nSPS) is 12.3. The van der Waals surface area contributed by atoms with Crippen LogP contribution in [-0.4, -0.2) is 12.1 Å². The predicted octanol–water partition coefficient (Wildman–Crippen LogP) is 3.26. The van der Waals surface area contributed by atoms with Crippen LogP contribution in [-0.2, 0) is 4.74 Å². The van der Waals surface area contributed by atoms with Crippen molar-refractivity contribution >= 4 is 5.97 Å². The summed E-state index contributed by atoms with van der Waals surface area (Å²) in [6, 6.07) is 5.63. The monoisotopic (exact) mass is 206 g/mol. The van der Waals surface area contributed by atoms with Crippen molar-refractivity contribution in [2.45, 2.75) is 40.2 Å². The number of carbonyl (C=O) groups is 1. The zero-order valence-corrected chi connectivity index (χ0v) is 9.83. The van der Waals surface area contributed by atoms with Crippen LogP contribution < -0.4 is 0 Å². The molecule has 1 aromatic rings. The molecule has 2 nitrogen and oxygen atoms in total. The predicted molar refractivity (Wildman–Crippen MR) is 61.1 cm³/mol. The highest BCUT2D eigenvalue weighted by atomic mass is 16.5. The van der Waals surface area contributed by atoms with Crippen LogP contribution in [0.2, 0.25) is 0 Å². The van der Waals surface area contributed by atoms with Gasteiger partial charge in [-0.3, -0.25) is 0 Å². The van der Waals surface area contributed by atoms with E-state index in [1.165, 1.54) is 5.56 Å². The summed E-state index contributed by atoms with van der Waals surface area (Å²) < 4.78 is 5.24. The number of carbonyl (C=O) groups excluding carboxylic acids is 1. The van der Waals surface area contributed by atoms with Gasteiger partial charge in [-0.05, 0) is 50.5 Å². The number of aryl methyl sites for hydroxylation is 2. The molecular weight excluding hydrogens is 188 g/mol. The molecule has 15 heavy (non-hydrogen) atoms. The van der Waals surface area contributed by atoms with E-state index in [1.807, 2.05) is 45.9 Å². The Labute approximate surface area is 91.3 Å². The molecule has 0 aliphatic rings. The lowest BCUT2D eigenvalue weighted by Gasteiger charge is -2.11. The van der Waals surface area contributed by atoms with E-state index >= 15 is 0 Å². The molecular formula is C13H18O2. The molecule has 1 unspecified atom stereocenters. The van der Waals surface area contributed by atoms with Crippen molar-refractivity contribution in [3.63, 3.8) is 0 Å². The molecule has 0 aliphatic heterocycles. The molecule has 0 heterocycles. The van der Waals surface area contributed by atoms with Crippen LogP contribution in [0.4, 0.5) is 0 Å². The van der Waals surface area contributed by atoms with Crippen molar-refractivity contribution in [3.05, 3.63) is 34.9 Å². The van der Waals surface area contributed by atoms with Gasteiger partial charge in [-0.15, -0.1) is 0 Å². The fraction of sp³-hybridized carbons (Fsp3) is 0.462. The van der Waals surface area contributed by atoms with Crippen molar-refractivity contribution in [3.8, 4) is 0 Å². The first-order valence-electron chi connectivity index (χ1n) is 5.32. The minimum Gasteiger partial charge on any atom is -0.459 e. The van der Waals surface area contributed by atoms with Crippen molar-refractivity contribution in [1.82, 2.24) is 0 Å². The topological polar surface area (TPSA) is 26.3 Å². The van der Waals surface area contributed by atoms with Gasteiger partial charge in [-0.1, -0.05) is 13.0 Å². The Morgan fingerprint density at radius 2 is 2.00 bits per heavy atom. The molecule has 1 aromatic carbocycles. The number of benzene rings is 1. The van der Waals surface area contributed by atoms with Crippen LogP contribution in [0.5, 0.6) is 0 Å². The van der Waals surface area contributed by atoms with Gasteiger partial charge in [0, 0.05) is 0 Å². The van der Waals surface area contributed by atoms with Crippen molar-refractivity contribution in [2.24, 2.45) is 0 Å². The van der Waals surface area contributed by atoms with Crippen LogP contribution in [0.1, 0.15) is 41.8 Å². The largest absolute Gasteiger partial charge is 0.459 e. The zero-order valence-electron chi connectivity index (χ0n) is 9.83. The van der Waals surface area contributed by atoms with Gasteiger partial charge in [0.15, 0.2) is 0 Å². The minimum atomic E-state index is -0.229. The number of hydrogen-bond donors (Lipinski definition) is 0. The Hall–Kier alpha value is -1.31. The molecule has 2 heteroatoms. The van der Waals surface area contributed by atoms with Crippen LogP contribution in [0.15, 0.2) is 18.2 Å². The first kappa shape index (κ1) is 11.8. The van der Waals surface area contributed by atoms with Crippen molar-refractivity contribution in [1.29, 1.82) is 0 Å². The Kier molecular flexibility index (Phi) is 3.89. The third-order valence-corrected chi connectivity index (χ3v) is 2.63. The highest BCUT2D eigenvalue weighted by Gasteiger charge is 2.10. The lowest BCUT2D eigenvalue weighted by Crippen LogP contribution is -2.14. The van der Waals surface area contributed by atoms with Gasteiger partial charge in [-0.2, -0.15) is 0 Å². The van der Waals surface area contributed by atoms with Gasteiger partial charge in [0.1, 0.15) is 0 Å². The SMILES string of the molecule is CCC(C)OC(=O)c1ccc(C)c(C)c1. The summed E-state index contributed by atoms with van der Waals surface area (Å²) in [7, 11) is 0. The number of rotatable bonds is 3. The highest BCUT2D eigenvalue weighted by molar-refractivity contribution is 5.89. The Balaban J connectivity index is 2.78. The Morgan fingerprint density at radius 3 is 2.53 bits per heavy atom. The highest BCUT2D eigenvalue weighted by Crippen LogP contribution is 2.12. The molecule has 0 saturated carbocycles. The number of hydrogen-bond acceptors (Lipinski definition) is 2. The second-order valence-corrected chi connectivity index (χ2v) is 3.92. The van der Waals surface area contributed by atoms with E-state index in [9.17, 15) is 4.79 Å². The van der Waals surface area contributed by atoms with Gasteiger partial charge in [0.05, 0.1) is 11.7 Å². The fourth-order valence-electron chi connectivity index (χ4n) is 1.20. The van der Waals surface area contributed by atoms with E-state index in [1.54, 1.807) is 0 Å². The minimum absolute atomic E-state index is 0.0147. The zero-order chi connectivity index (χ0) is 11.4. The van der Waals surface area contributed by atoms with E-state index in [0.29, 0.717) is 5.56 Å². The van der Waals surface area contributed by atoms with E-state index in [4.69, 9.17) is 4.74 Å². The Bertz CT molecular complexity index is 356. The quantitative estimate of drug-likeness (QED) is 0.709. The average molecular weight is 206 g/mol. The van der Waals surface area contributed by atoms with E-state index in [0.717, 1.165) is 12.0 Å². The molecule has 0 N–H and O–H groups in total. The van der Waals surface area contributed by atoms with Gasteiger partial charge < -0.3 is 4.74 Å². The molecule has 0 radical (unpaired) electrons. The van der Waals surface area contributed by atoms with Gasteiger partial charge in [-0.25, -0.2) is 4.79 Å². The number of esters is 1. The van der Waals surface area contributed by atoms with Crippen LogP contribution in [0, 0.1) is 13.8 Å². The summed E-state index contributed by atoms with van der Waals surface area (Å²) in [6.07, 6.45) is 0.829. The first-order chi connectivity index (χ1) is 7.04. The van der Waals surface area contributed by atoms with Gasteiger partial charge in [0.2, 0.25) is 0 Å². The first-order valence-corrected chi connectivity index (χ1v) is 5.32. The van der Waals surface area contributed by atoms with Gasteiger partial charge in [0.25, 0.3) is 0 Å². The standard InChI is InChI=1S/C13H18O2/c1-5-11(4)15-13(14)12-7-6-9(2)10(3)8-12/h6-8,11H,5H2,1-4H3. The average Bonchev–Trinajstić information content (AvgIpc) is 2.21. The van der Waals surface area contributed by atoms with Crippen LogP contribution in [0.3, 0.4) is 0 Å². The summed E-state index contributed by atoms with van der Waals surface area (Å²) >= 11 is 0. The van der Waals surface area contributed by atoms with E-state index < -0.39 is 0 Å². The smallest absolute Gasteiger partial charge is 0.338 e. The molecule has 0 aliphatic carbocycles. The maximum absolute atomic E-state index is 11.7. The molecule has 0 saturated heterocycles. The van der Waals surface area contributed by atoms with Crippen molar-refractivity contribution in [2.75, 3.05) is 0 Å². The molecule has 0 amide bonds. The maximum Gasteiger partial charge on any atom is 0.338 e. The maximum atomic E-state index is 11.7. The third kappa shape index (κ3) is 3.08. The van der Waals surface area contributed by atoms with Crippen LogP contribution >= 0.6 is 0 Å². The molecule has 1 rings (SSSR count). The second-order valence-electron chi connectivity index (χ2n) is 3.92. The third-order valence-electron chi connectivity index (χ3n) is 2.63. The molecule has 0 bridgehead atoms. The van der Waals surface area contributed by atoms with Gasteiger partial charge >= 0.3 is 5.97 Å². The fourth-order valence-corrected chi connectivity index (χ4v) is 1.20. The second kappa shape index (κ2) is 4.96. The molecule has 82 valence electrons. The summed E-state index contributed by atoms with van der Waals surface area (Å²) in [5.74, 6) is -0.229. The molecule has 0 fully saturated rings. The molecule has 0 spiro atoms. The molecule has 0 aromatic heterocycles. The summed E-state index contributed by atoms with van der Waals surface area (Å²) in [6.45, 7) is 7.92.